The quantitative estimate of drug-likeness (QED) is 0.155. The van der Waals surface area contributed by atoms with E-state index in [0.717, 1.165) is 0 Å². The summed E-state index contributed by atoms with van der Waals surface area (Å²) in [5.41, 5.74) is 7.20. The molecule has 14 aromatic rings. The molecule has 0 aliphatic carbocycles. The molecule has 0 aliphatic rings. The van der Waals surface area contributed by atoms with Gasteiger partial charge < -0.3 is 0 Å². The fourth-order valence-electron chi connectivity index (χ4n) is 11.6. The van der Waals surface area contributed by atoms with Gasteiger partial charge in [0.15, 0.2) is 0 Å². The molecule has 14 aromatic carbocycles. The summed E-state index contributed by atoms with van der Waals surface area (Å²) in [4.78, 5) is 0. The van der Waals surface area contributed by atoms with Crippen LogP contribution >= 0.6 is 0 Å². The Labute approximate surface area is 405 Å². The van der Waals surface area contributed by atoms with Gasteiger partial charge in [-0.3, -0.25) is 0 Å². The van der Waals surface area contributed by atoms with Gasteiger partial charge in [-0.05, 0) is 189 Å². The highest BCUT2D eigenvalue weighted by Crippen LogP contribution is 2.37. The SMILES string of the molecule is c1ccc(C(c2ccccc2)=c2c3cc4ccccc4cc3c(=c3c4cc5ccccc5cc4c(=C(c4ccccc4)c4ccccc4)c4cc5ccccc5cc34)c3cc4ccccc4cc23)cc1. The Morgan fingerprint density at radius 2 is 0.343 bits per heavy atom. The van der Waals surface area contributed by atoms with Crippen LogP contribution in [-0.4, -0.2) is 0 Å². The Balaban J connectivity index is 1.40. The number of benzene rings is 14. The monoisotopic (exact) mass is 884 g/mol. The van der Waals surface area contributed by atoms with Crippen LogP contribution in [0.15, 0.2) is 267 Å². The van der Waals surface area contributed by atoms with E-state index in [1.165, 1.54) is 140 Å². The smallest absolute Gasteiger partial charge is 0.00134 e. The molecule has 0 amide bonds. The molecule has 0 nitrogen and oxygen atoms in total. The lowest BCUT2D eigenvalue weighted by Gasteiger charge is -2.18. The first kappa shape index (κ1) is 40.0. The molecule has 0 unspecified atom stereocenters. The zero-order chi connectivity index (χ0) is 46.1. The van der Waals surface area contributed by atoms with Crippen molar-refractivity contribution in [3.63, 3.8) is 0 Å². The second-order valence-corrected chi connectivity index (χ2v) is 18.7. The summed E-state index contributed by atoms with van der Waals surface area (Å²) in [5.74, 6) is 0. The van der Waals surface area contributed by atoms with Gasteiger partial charge in [-0.25, -0.2) is 0 Å². The second-order valence-electron chi connectivity index (χ2n) is 18.7. The standard InChI is InChI=1S/C70H44/c1-5-21-45(22-6-1)65(46-23-7-2-8-24-46)67-57-37-49-29-13-17-33-53(49)41-61(57)69(62-42-54-34-18-14-30-50(54)38-58(62)67)70-63-43-55-35-19-15-31-51(55)39-59(63)68(60-40-52-32-16-20-36-56(52)44-64(60)70)66(47-25-9-3-10-26-47)48-27-11-4-12-28-48/h1-44H. The summed E-state index contributed by atoms with van der Waals surface area (Å²) in [6.07, 6.45) is 0. The van der Waals surface area contributed by atoms with E-state index in [1.54, 1.807) is 0 Å². The van der Waals surface area contributed by atoms with Crippen molar-refractivity contribution in [1.29, 1.82) is 0 Å². The first-order valence-corrected chi connectivity index (χ1v) is 24.3. The predicted molar refractivity (Wildman–Crippen MR) is 299 cm³/mol. The maximum Gasteiger partial charge on any atom is -0.00134 e. The van der Waals surface area contributed by atoms with Gasteiger partial charge in [0.25, 0.3) is 0 Å². The van der Waals surface area contributed by atoms with Crippen molar-refractivity contribution in [3.8, 4) is 0 Å². The van der Waals surface area contributed by atoms with Crippen LogP contribution in [0.5, 0.6) is 0 Å². The maximum atomic E-state index is 2.49. The third kappa shape index (κ3) is 6.45. The second kappa shape index (κ2) is 16.3. The summed E-state index contributed by atoms with van der Waals surface area (Å²) in [5, 5.41) is 24.6. The molecule has 0 heteroatoms. The van der Waals surface area contributed by atoms with Crippen molar-refractivity contribution in [2.75, 3.05) is 0 Å². The molecule has 0 atom stereocenters. The van der Waals surface area contributed by atoms with Crippen LogP contribution in [0, 0.1) is 10.4 Å². The van der Waals surface area contributed by atoms with Crippen LogP contribution in [-0.2, 0) is 0 Å². The van der Waals surface area contributed by atoms with Gasteiger partial charge in [-0.2, -0.15) is 0 Å². The van der Waals surface area contributed by atoms with Crippen molar-refractivity contribution >= 4 is 97.3 Å². The van der Waals surface area contributed by atoms with E-state index in [2.05, 4.69) is 267 Å². The molecule has 0 spiro atoms. The average Bonchev–Trinajstić information content (AvgIpc) is 3.43. The fraction of sp³-hybridized carbons (Fsp3) is 0. The van der Waals surface area contributed by atoms with Gasteiger partial charge in [0.2, 0.25) is 0 Å². The largest absolute Gasteiger partial charge is 0.0622 e. The van der Waals surface area contributed by atoms with Gasteiger partial charge in [0.1, 0.15) is 0 Å². The number of fused-ring (bicyclic) bond motifs is 8. The molecule has 70 heavy (non-hydrogen) atoms. The average molecular weight is 885 g/mol. The van der Waals surface area contributed by atoms with Gasteiger partial charge in [0.05, 0.1) is 0 Å². The Kier molecular flexibility index (Phi) is 9.32. The predicted octanol–water partition coefficient (Wildman–Crippen LogP) is 16.7. The topological polar surface area (TPSA) is 0 Å². The lowest BCUT2D eigenvalue weighted by Crippen LogP contribution is -2.14. The van der Waals surface area contributed by atoms with Crippen molar-refractivity contribution < 1.29 is 0 Å². The van der Waals surface area contributed by atoms with E-state index >= 15 is 0 Å². The molecular weight excluding hydrogens is 841 g/mol. The molecule has 0 saturated carbocycles. The van der Waals surface area contributed by atoms with Crippen LogP contribution in [0.1, 0.15) is 22.3 Å². The van der Waals surface area contributed by atoms with Gasteiger partial charge in [-0.15, -0.1) is 0 Å². The summed E-state index contributed by atoms with van der Waals surface area (Å²) in [6, 6.07) is 99.6. The molecule has 324 valence electrons. The third-order valence-electron chi connectivity index (χ3n) is 14.7. The van der Waals surface area contributed by atoms with Crippen molar-refractivity contribution in [2.45, 2.75) is 0 Å². The van der Waals surface area contributed by atoms with Crippen molar-refractivity contribution in [3.05, 3.63) is 310 Å². The van der Waals surface area contributed by atoms with Gasteiger partial charge in [0, 0.05) is 0 Å². The molecule has 0 bridgehead atoms. The lowest BCUT2D eigenvalue weighted by atomic mass is 9.84. The van der Waals surface area contributed by atoms with E-state index < -0.39 is 0 Å². The first-order chi connectivity index (χ1) is 34.7. The van der Waals surface area contributed by atoms with E-state index in [-0.39, 0.29) is 0 Å². The van der Waals surface area contributed by atoms with Crippen LogP contribution in [0.2, 0.25) is 0 Å². The minimum atomic E-state index is 1.19. The number of rotatable bonds is 4. The summed E-state index contributed by atoms with van der Waals surface area (Å²) >= 11 is 0. The molecular formula is C70H44. The van der Waals surface area contributed by atoms with E-state index in [9.17, 15) is 0 Å². The third-order valence-corrected chi connectivity index (χ3v) is 14.7. The first-order valence-electron chi connectivity index (χ1n) is 24.3. The molecule has 0 saturated heterocycles. The molecule has 0 aromatic heterocycles. The highest BCUT2D eigenvalue weighted by molar-refractivity contribution is 6.16. The minimum absolute atomic E-state index is 1.19. The lowest BCUT2D eigenvalue weighted by molar-refractivity contribution is 1.52. The molecule has 0 N–H and O–H groups in total. The highest BCUT2D eigenvalue weighted by atomic mass is 14.2. The maximum absolute atomic E-state index is 2.49. The highest BCUT2D eigenvalue weighted by Gasteiger charge is 2.20. The zero-order valence-electron chi connectivity index (χ0n) is 38.4. The Morgan fingerprint density at radius 3 is 0.543 bits per heavy atom. The van der Waals surface area contributed by atoms with Crippen molar-refractivity contribution in [1.82, 2.24) is 0 Å². The van der Waals surface area contributed by atoms with E-state index in [1.807, 2.05) is 0 Å². The Morgan fingerprint density at radius 1 is 0.171 bits per heavy atom. The summed E-state index contributed by atoms with van der Waals surface area (Å²) in [6.45, 7) is 0. The van der Waals surface area contributed by atoms with E-state index in [0.29, 0.717) is 0 Å². The van der Waals surface area contributed by atoms with Crippen LogP contribution in [0.25, 0.3) is 97.3 Å². The minimum Gasteiger partial charge on any atom is -0.0622 e. The molecule has 0 radical (unpaired) electrons. The Hall–Kier alpha value is -9.10. The van der Waals surface area contributed by atoms with Crippen LogP contribution in [0.3, 0.4) is 0 Å². The normalized spacial score (nSPS) is 11.7. The van der Waals surface area contributed by atoms with Crippen LogP contribution < -0.4 is 10.4 Å². The van der Waals surface area contributed by atoms with Crippen LogP contribution in [0.4, 0.5) is 0 Å². The Bertz CT molecular complexity index is 4060. The van der Waals surface area contributed by atoms with E-state index in [4.69, 9.17) is 0 Å². The molecule has 0 heterocycles. The number of hydrogen-bond donors (Lipinski definition) is 0. The zero-order valence-corrected chi connectivity index (χ0v) is 38.4. The molecule has 14 rings (SSSR count). The number of hydrogen-bond acceptors (Lipinski definition) is 0. The molecule has 0 fully saturated rings. The van der Waals surface area contributed by atoms with Crippen molar-refractivity contribution in [2.24, 2.45) is 0 Å². The molecule has 0 aliphatic heterocycles. The summed E-state index contributed by atoms with van der Waals surface area (Å²) in [7, 11) is 0. The van der Waals surface area contributed by atoms with Gasteiger partial charge >= 0.3 is 0 Å². The van der Waals surface area contributed by atoms with Gasteiger partial charge in [-0.1, -0.05) is 218 Å². The summed E-state index contributed by atoms with van der Waals surface area (Å²) < 4.78 is 0. The fourth-order valence-corrected chi connectivity index (χ4v) is 11.6.